The molecule has 0 saturated heterocycles. The number of carboxylic acid groups (broad SMARTS) is 1. The zero-order valence-corrected chi connectivity index (χ0v) is 13.6. The summed E-state index contributed by atoms with van der Waals surface area (Å²) in [4.78, 5) is 34.3. The van der Waals surface area contributed by atoms with Gasteiger partial charge >= 0.3 is 5.97 Å². The lowest BCUT2D eigenvalue weighted by Gasteiger charge is -2.19. The standard InChI is InChI=1S/C16H23N3O4/c1-4-6-14(16(22)23)17-10(2)15(21)19-13-8-5-7-12(9-13)18-11(3)20/h5,7-10,14,17H,4,6H2,1-3H3,(H,18,20)(H,19,21)(H,22,23). The summed E-state index contributed by atoms with van der Waals surface area (Å²) >= 11 is 0. The Morgan fingerprint density at radius 1 is 1.17 bits per heavy atom. The monoisotopic (exact) mass is 321 g/mol. The average molecular weight is 321 g/mol. The summed E-state index contributed by atoms with van der Waals surface area (Å²) in [5.41, 5.74) is 1.10. The minimum Gasteiger partial charge on any atom is -0.480 e. The predicted octanol–water partition coefficient (Wildman–Crippen LogP) is 1.81. The maximum absolute atomic E-state index is 12.2. The molecule has 0 aromatic heterocycles. The Balaban J connectivity index is 2.67. The molecule has 0 fully saturated rings. The van der Waals surface area contributed by atoms with E-state index in [4.69, 9.17) is 5.11 Å². The Hall–Kier alpha value is -2.41. The van der Waals surface area contributed by atoms with E-state index in [0.717, 1.165) is 0 Å². The van der Waals surface area contributed by atoms with E-state index in [9.17, 15) is 14.4 Å². The van der Waals surface area contributed by atoms with Crippen LogP contribution in [0.3, 0.4) is 0 Å². The Bertz CT molecular complexity index is 574. The molecule has 2 amide bonds. The van der Waals surface area contributed by atoms with Gasteiger partial charge in [0.2, 0.25) is 11.8 Å². The molecule has 0 spiro atoms. The fourth-order valence-electron chi connectivity index (χ4n) is 2.07. The number of hydrogen-bond acceptors (Lipinski definition) is 4. The second-order valence-corrected chi connectivity index (χ2v) is 5.32. The van der Waals surface area contributed by atoms with Crippen LogP contribution in [-0.2, 0) is 14.4 Å². The minimum atomic E-state index is -0.973. The van der Waals surface area contributed by atoms with Crippen LogP contribution in [0.15, 0.2) is 24.3 Å². The summed E-state index contributed by atoms with van der Waals surface area (Å²) in [6.45, 7) is 4.89. The van der Waals surface area contributed by atoms with Gasteiger partial charge in [0.15, 0.2) is 0 Å². The molecule has 0 aliphatic carbocycles. The summed E-state index contributed by atoms with van der Waals surface area (Å²) < 4.78 is 0. The van der Waals surface area contributed by atoms with Crippen LogP contribution < -0.4 is 16.0 Å². The number of carbonyl (C=O) groups excluding carboxylic acids is 2. The molecular formula is C16H23N3O4. The van der Waals surface area contributed by atoms with E-state index in [1.165, 1.54) is 6.92 Å². The molecule has 1 rings (SSSR count). The van der Waals surface area contributed by atoms with Gasteiger partial charge in [0.05, 0.1) is 6.04 Å². The van der Waals surface area contributed by atoms with E-state index in [2.05, 4.69) is 16.0 Å². The van der Waals surface area contributed by atoms with Crippen molar-refractivity contribution in [1.29, 1.82) is 0 Å². The third kappa shape index (κ3) is 6.48. The molecule has 0 aliphatic heterocycles. The van der Waals surface area contributed by atoms with Crippen LogP contribution in [0.5, 0.6) is 0 Å². The highest BCUT2D eigenvalue weighted by molar-refractivity contribution is 5.96. The quantitative estimate of drug-likeness (QED) is 0.584. The number of amides is 2. The summed E-state index contributed by atoms with van der Waals surface area (Å²) in [6, 6.07) is 5.32. The zero-order valence-electron chi connectivity index (χ0n) is 13.6. The van der Waals surface area contributed by atoms with Gasteiger partial charge < -0.3 is 15.7 Å². The van der Waals surface area contributed by atoms with Crippen LogP contribution >= 0.6 is 0 Å². The van der Waals surface area contributed by atoms with Gasteiger partial charge in [0.25, 0.3) is 0 Å². The van der Waals surface area contributed by atoms with Gasteiger partial charge in [-0.25, -0.2) is 0 Å². The highest BCUT2D eigenvalue weighted by Crippen LogP contribution is 2.15. The Morgan fingerprint density at radius 3 is 2.30 bits per heavy atom. The van der Waals surface area contributed by atoms with Crippen LogP contribution in [0.1, 0.15) is 33.6 Å². The largest absolute Gasteiger partial charge is 0.480 e. The van der Waals surface area contributed by atoms with Crippen molar-refractivity contribution in [2.75, 3.05) is 10.6 Å². The molecule has 0 radical (unpaired) electrons. The number of carboxylic acids is 1. The van der Waals surface area contributed by atoms with Crippen molar-refractivity contribution in [3.05, 3.63) is 24.3 Å². The number of benzene rings is 1. The molecule has 0 saturated carbocycles. The molecule has 7 nitrogen and oxygen atoms in total. The first kappa shape index (κ1) is 18.6. The lowest BCUT2D eigenvalue weighted by atomic mass is 10.1. The number of nitrogens with one attached hydrogen (secondary N) is 3. The molecule has 0 bridgehead atoms. The Kier molecular flexibility index (Phi) is 7.21. The van der Waals surface area contributed by atoms with Crippen LogP contribution in [0.4, 0.5) is 11.4 Å². The van der Waals surface area contributed by atoms with Gasteiger partial charge in [-0.2, -0.15) is 0 Å². The molecule has 0 aliphatic rings. The molecular weight excluding hydrogens is 298 g/mol. The van der Waals surface area contributed by atoms with Crippen molar-refractivity contribution in [1.82, 2.24) is 5.32 Å². The molecule has 2 unspecified atom stereocenters. The Morgan fingerprint density at radius 2 is 1.78 bits per heavy atom. The van der Waals surface area contributed by atoms with E-state index in [0.29, 0.717) is 24.2 Å². The fraction of sp³-hybridized carbons (Fsp3) is 0.438. The van der Waals surface area contributed by atoms with Crippen LogP contribution in [0.25, 0.3) is 0 Å². The first-order valence-electron chi connectivity index (χ1n) is 7.50. The van der Waals surface area contributed by atoms with Gasteiger partial charge in [-0.05, 0) is 31.5 Å². The van der Waals surface area contributed by atoms with E-state index >= 15 is 0 Å². The highest BCUT2D eigenvalue weighted by Gasteiger charge is 2.22. The smallest absolute Gasteiger partial charge is 0.320 e. The van der Waals surface area contributed by atoms with Crippen molar-refractivity contribution >= 4 is 29.2 Å². The van der Waals surface area contributed by atoms with Gasteiger partial charge in [-0.1, -0.05) is 19.4 Å². The predicted molar refractivity (Wildman–Crippen MR) is 88.3 cm³/mol. The van der Waals surface area contributed by atoms with Crippen LogP contribution in [-0.4, -0.2) is 35.0 Å². The number of rotatable bonds is 8. The van der Waals surface area contributed by atoms with Gasteiger partial charge in [0, 0.05) is 18.3 Å². The van der Waals surface area contributed by atoms with Gasteiger partial charge in [-0.15, -0.1) is 0 Å². The third-order valence-electron chi connectivity index (χ3n) is 3.17. The lowest BCUT2D eigenvalue weighted by Crippen LogP contribution is -2.47. The summed E-state index contributed by atoms with van der Waals surface area (Å²) in [7, 11) is 0. The number of carbonyl (C=O) groups is 3. The van der Waals surface area contributed by atoms with Crippen LogP contribution in [0, 0.1) is 0 Å². The number of anilines is 2. The maximum atomic E-state index is 12.2. The topological polar surface area (TPSA) is 108 Å². The van der Waals surface area contributed by atoms with Crippen molar-refractivity contribution < 1.29 is 19.5 Å². The van der Waals surface area contributed by atoms with E-state index in [1.54, 1.807) is 31.2 Å². The molecule has 0 heterocycles. The maximum Gasteiger partial charge on any atom is 0.320 e. The SMILES string of the molecule is CCCC(NC(C)C(=O)Nc1cccc(NC(C)=O)c1)C(=O)O. The third-order valence-corrected chi connectivity index (χ3v) is 3.17. The first-order chi connectivity index (χ1) is 10.8. The lowest BCUT2D eigenvalue weighted by molar-refractivity contribution is -0.140. The van der Waals surface area contributed by atoms with Crippen molar-refractivity contribution in [3.63, 3.8) is 0 Å². The van der Waals surface area contributed by atoms with Gasteiger partial charge in [0.1, 0.15) is 6.04 Å². The number of aliphatic carboxylic acids is 1. The second-order valence-electron chi connectivity index (χ2n) is 5.32. The minimum absolute atomic E-state index is 0.202. The van der Waals surface area contributed by atoms with Crippen molar-refractivity contribution in [2.24, 2.45) is 0 Å². The fourth-order valence-corrected chi connectivity index (χ4v) is 2.07. The van der Waals surface area contributed by atoms with Crippen LogP contribution in [0.2, 0.25) is 0 Å². The van der Waals surface area contributed by atoms with Gasteiger partial charge in [-0.3, -0.25) is 19.7 Å². The molecule has 126 valence electrons. The Labute approximate surface area is 135 Å². The van der Waals surface area contributed by atoms with Crippen molar-refractivity contribution in [2.45, 2.75) is 45.7 Å². The molecule has 7 heteroatoms. The molecule has 4 N–H and O–H groups in total. The molecule has 1 aromatic carbocycles. The van der Waals surface area contributed by atoms with E-state index < -0.39 is 18.1 Å². The summed E-state index contributed by atoms with van der Waals surface area (Å²) in [5, 5.41) is 17.2. The summed E-state index contributed by atoms with van der Waals surface area (Å²) in [5.74, 6) is -1.51. The zero-order chi connectivity index (χ0) is 17.4. The molecule has 2 atom stereocenters. The van der Waals surface area contributed by atoms with Crippen molar-refractivity contribution in [3.8, 4) is 0 Å². The summed E-state index contributed by atoms with van der Waals surface area (Å²) in [6.07, 6.45) is 1.15. The second kappa shape index (κ2) is 8.89. The number of hydrogen-bond donors (Lipinski definition) is 4. The van der Waals surface area contributed by atoms with E-state index in [1.807, 2.05) is 6.92 Å². The average Bonchev–Trinajstić information content (AvgIpc) is 2.46. The van der Waals surface area contributed by atoms with E-state index in [-0.39, 0.29) is 11.8 Å². The molecule has 23 heavy (non-hydrogen) atoms. The highest BCUT2D eigenvalue weighted by atomic mass is 16.4. The normalized spacial score (nSPS) is 13.0. The first-order valence-corrected chi connectivity index (χ1v) is 7.50. The molecule has 1 aromatic rings.